The maximum absolute atomic E-state index is 13.4. The number of nitrogens with one attached hydrogen (secondary N) is 2. The number of imide groups is 1. The molecular weight excluding hydrogens is 538 g/mol. The highest BCUT2D eigenvalue weighted by molar-refractivity contribution is 6.10. The molecule has 216 valence electrons. The average Bonchev–Trinajstić information content (AvgIpc) is 3.77. The van der Waals surface area contributed by atoms with Gasteiger partial charge in [0, 0.05) is 37.0 Å². The van der Waals surface area contributed by atoms with Gasteiger partial charge in [-0.15, -0.1) is 0 Å². The summed E-state index contributed by atoms with van der Waals surface area (Å²) in [5.41, 5.74) is 1.97. The van der Waals surface area contributed by atoms with E-state index in [-0.39, 0.29) is 24.9 Å². The molecule has 0 radical (unpaired) electrons. The van der Waals surface area contributed by atoms with Gasteiger partial charge in [-0.05, 0) is 62.8 Å². The molecule has 12 nitrogen and oxygen atoms in total. The summed E-state index contributed by atoms with van der Waals surface area (Å²) in [6, 6.07) is 11.1. The minimum absolute atomic E-state index is 0.0101. The van der Waals surface area contributed by atoms with Crippen molar-refractivity contribution in [2.45, 2.75) is 37.3 Å². The van der Waals surface area contributed by atoms with Gasteiger partial charge in [0.15, 0.2) is 5.58 Å². The first-order chi connectivity index (χ1) is 20.3. The number of hydrogen-bond donors (Lipinski definition) is 2. The summed E-state index contributed by atoms with van der Waals surface area (Å²) in [6.45, 7) is 2.27. The number of hydrogen-bond acceptors (Lipinski definition) is 9. The molecule has 12 heteroatoms. The number of likely N-dealkylation sites (tertiary alicyclic amines) is 1. The third kappa shape index (κ3) is 4.30. The van der Waals surface area contributed by atoms with Crippen molar-refractivity contribution in [2.24, 2.45) is 0 Å². The number of aromatic nitrogens is 3. The van der Waals surface area contributed by atoms with Gasteiger partial charge >= 0.3 is 0 Å². The van der Waals surface area contributed by atoms with Crippen LogP contribution in [-0.4, -0.2) is 82.5 Å². The molecule has 1 atom stereocenters. The lowest BCUT2D eigenvalue weighted by Crippen LogP contribution is -2.46. The van der Waals surface area contributed by atoms with Crippen LogP contribution in [0, 0.1) is 0 Å². The van der Waals surface area contributed by atoms with E-state index in [1.807, 2.05) is 24.4 Å². The number of nitrogens with zero attached hydrogens (tertiary/aromatic N) is 5. The van der Waals surface area contributed by atoms with Crippen LogP contribution >= 0.6 is 0 Å². The van der Waals surface area contributed by atoms with Gasteiger partial charge in [-0.3, -0.25) is 24.8 Å². The Morgan fingerprint density at radius 1 is 1.14 bits per heavy atom. The van der Waals surface area contributed by atoms with Gasteiger partial charge in [-0.2, -0.15) is 5.10 Å². The maximum Gasteiger partial charge on any atom is 0.254 e. The van der Waals surface area contributed by atoms with Crippen LogP contribution in [0.1, 0.15) is 40.9 Å². The number of carbonyl (C=O) groups is 3. The number of anilines is 2. The van der Waals surface area contributed by atoms with E-state index in [1.54, 1.807) is 36.4 Å². The van der Waals surface area contributed by atoms with Gasteiger partial charge < -0.3 is 23.9 Å². The Kier molecular flexibility index (Phi) is 6.23. The van der Waals surface area contributed by atoms with E-state index in [4.69, 9.17) is 14.1 Å². The molecule has 0 bridgehead atoms. The first kappa shape index (κ1) is 26.2. The number of carbonyl (C=O) groups excluding carboxylic acids is 3. The van der Waals surface area contributed by atoms with E-state index < -0.39 is 17.2 Å². The average molecular weight is 570 g/mol. The van der Waals surface area contributed by atoms with Crippen molar-refractivity contribution in [3.8, 4) is 5.75 Å². The maximum atomic E-state index is 13.4. The second-order valence-corrected chi connectivity index (χ2v) is 11.3. The Morgan fingerprint density at radius 2 is 1.98 bits per heavy atom. The molecule has 1 aromatic carbocycles. The second-order valence-electron chi connectivity index (χ2n) is 11.3. The fourth-order valence-corrected chi connectivity index (χ4v) is 6.41. The van der Waals surface area contributed by atoms with Crippen LogP contribution in [0.15, 0.2) is 53.2 Å². The topological polar surface area (TPSA) is 137 Å². The van der Waals surface area contributed by atoms with Crippen molar-refractivity contribution in [2.75, 3.05) is 38.7 Å². The van der Waals surface area contributed by atoms with E-state index in [0.29, 0.717) is 34.7 Å². The van der Waals surface area contributed by atoms with E-state index in [9.17, 15) is 14.4 Å². The molecule has 3 amide bonds. The molecule has 3 aromatic heterocycles. The number of pyridine rings is 1. The fourth-order valence-electron chi connectivity index (χ4n) is 6.41. The Hall–Kier alpha value is -4.71. The van der Waals surface area contributed by atoms with Gasteiger partial charge in [0.25, 0.3) is 5.91 Å². The van der Waals surface area contributed by atoms with Crippen molar-refractivity contribution >= 4 is 40.3 Å². The van der Waals surface area contributed by atoms with E-state index in [1.165, 1.54) is 0 Å². The summed E-state index contributed by atoms with van der Waals surface area (Å²) >= 11 is 0. The molecule has 2 N–H and O–H groups in total. The van der Waals surface area contributed by atoms with Crippen molar-refractivity contribution < 1.29 is 23.5 Å². The molecule has 0 saturated carbocycles. The molecule has 4 aromatic rings. The first-order valence-corrected chi connectivity index (χ1v) is 14.0. The lowest BCUT2D eigenvalue weighted by molar-refractivity contribution is -0.127. The predicted octanol–water partition coefficient (Wildman–Crippen LogP) is 2.73. The largest absolute Gasteiger partial charge is 0.497 e. The number of fused-ring (bicyclic) bond motifs is 2. The number of piperidine rings is 1. The molecule has 6 heterocycles. The highest BCUT2D eigenvalue weighted by Crippen LogP contribution is 2.40. The summed E-state index contributed by atoms with van der Waals surface area (Å²) in [5, 5.41) is 9.50. The Morgan fingerprint density at radius 3 is 2.69 bits per heavy atom. The number of aromatic amines is 1. The van der Waals surface area contributed by atoms with E-state index in [2.05, 4.69) is 32.4 Å². The number of amides is 3. The standard InChI is InChI=1S/C30H31N7O5/c1-35-9-7-19(8-10-35)37(20-14-31-32-15-20)26-6-5-24-23(33-26)12-25(42-24)30(13-27(38)34-29(30)40)17-36-16-18-3-4-21(41-2)11-22(18)28(36)39/h3-6,11-12,14-15,19H,7-10,13,16-17H2,1-2H3,(H,31,32)(H,34,38,40)/t30-/m1/s1. The monoisotopic (exact) mass is 569 g/mol. The SMILES string of the molecule is COc1ccc2c(c1)C(=O)N(C[C@@]1(c3cc4nc(N(c5cn[nH]c5)C5CCN(C)CC5)ccc4o3)CC(=O)NC1=O)C2. The zero-order valence-corrected chi connectivity index (χ0v) is 23.4. The summed E-state index contributed by atoms with van der Waals surface area (Å²) < 4.78 is 11.5. The fraction of sp³-hybridized carbons (Fsp3) is 0.367. The number of furan rings is 1. The van der Waals surface area contributed by atoms with Crippen molar-refractivity contribution in [1.82, 2.24) is 30.3 Å². The van der Waals surface area contributed by atoms with Gasteiger partial charge in [-0.1, -0.05) is 6.07 Å². The predicted molar refractivity (Wildman–Crippen MR) is 152 cm³/mol. The quantitative estimate of drug-likeness (QED) is 0.322. The van der Waals surface area contributed by atoms with Gasteiger partial charge in [0.2, 0.25) is 11.8 Å². The Balaban J connectivity index is 1.24. The number of H-pyrrole nitrogens is 1. The van der Waals surface area contributed by atoms with Crippen LogP contribution in [0.3, 0.4) is 0 Å². The lowest BCUT2D eigenvalue weighted by Gasteiger charge is -2.37. The van der Waals surface area contributed by atoms with Crippen molar-refractivity contribution in [3.63, 3.8) is 0 Å². The minimum atomic E-state index is -1.38. The Bertz CT molecular complexity index is 1690. The first-order valence-electron chi connectivity index (χ1n) is 14.0. The molecule has 3 aliphatic rings. The molecule has 2 saturated heterocycles. The van der Waals surface area contributed by atoms with Crippen LogP contribution in [0.25, 0.3) is 11.1 Å². The molecule has 42 heavy (non-hydrogen) atoms. The zero-order chi connectivity index (χ0) is 29.0. The van der Waals surface area contributed by atoms with Crippen LogP contribution in [0.5, 0.6) is 5.75 Å². The molecule has 2 fully saturated rings. The zero-order valence-electron chi connectivity index (χ0n) is 23.4. The lowest BCUT2D eigenvalue weighted by atomic mass is 9.82. The second kappa shape index (κ2) is 9.98. The van der Waals surface area contributed by atoms with Crippen LogP contribution < -0.4 is 15.0 Å². The highest BCUT2D eigenvalue weighted by Gasteiger charge is 2.53. The van der Waals surface area contributed by atoms with Crippen molar-refractivity contribution in [1.29, 1.82) is 0 Å². The number of methoxy groups -OCH3 is 1. The summed E-state index contributed by atoms with van der Waals surface area (Å²) in [7, 11) is 3.67. The normalized spacial score (nSPS) is 21.3. The van der Waals surface area contributed by atoms with Gasteiger partial charge in [0.1, 0.15) is 28.3 Å². The molecule has 0 unspecified atom stereocenters. The third-order valence-corrected chi connectivity index (χ3v) is 8.70. The smallest absolute Gasteiger partial charge is 0.254 e. The molecule has 7 rings (SSSR count). The number of rotatable bonds is 7. The Labute approximate surface area is 241 Å². The van der Waals surface area contributed by atoms with Crippen LogP contribution in [-0.2, 0) is 21.5 Å². The van der Waals surface area contributed by atoms with Crippen LogP contribution in [0.4, 0.5) is 11.5 Å². The summed E-state index contributed by atoms with van der Waals surface area (Å²) in [5.74, 6) is 0.511. The molecular formula is C30H31N7O5. The molecule has 0 spiro atoms. The van der Waals surface area contributed by atoms with E-state index >= 15 is 0 Å². The van der Waals surface area contributed by atoms with Gasteiger partial charge in [-0.25, -0.2) is 4.98 Å². The van der Waals surface area contributed by atoms with Gasteiger partial charge in [0.05, 0.1) is 25.4 Å². The minimum Gasteiger partial charge on any atom is -0.497 e. The highest BCUT2D eigenvalue weighted by atomic mass is 16.5. The number of ether oxygens (including phenoxy) is 1. The molecule has 3 aliphatic heterocycles. The number of benzene rings is 1. The van der Waals surface area contributed by atoms with Crippen LogP contribution in [0.2, 0.25) is 0 Å². The van der Waals surface area contributed by atoms with Crippen molar-refractivity contribution in [3.05, 3.63) is 65.7 Å². The third-order valence-electron chi connectivity index (χ3n) is 8.70. The summed E-state index contributed by atoms with van der Waals surface area (Å²) in [6.07, 6.45) is 5.46. The summed E-state index contributed by atoms with van der Waals surface area (Å²) in [4.78, 5) is 50.4. The molecule has 0 aliphatic carbocycles. The van der Waals surface area contributed by atoms with E-state index in [0.717, 1.165) is 43.0 Å².